The van der Waals surface area contributed by atoms with Crippen LogP contribution in [-0.2, 0) is 4.74 Å². The van der Waals surface area contributed by atoms with Crippen molar-refractivity contribution in [2.75, 3.05) is 31.1 Å². The molecule has 0 radical (unpaired) electrons. The van der Waals surface area contributed by atoms with Crippen LogP contribution >= 0.6 is 11.6 Å². The second kappa shape index (κ2) is 7.27. The first-order valence-electron chi connectivity index (χ1n) is 8.91. The first-order chi connectivity index (χ1) is 12.6. The monoisotopic (exact) mass is 371 g/mol. The van der Waals surface area contributed by atoms with E-state index in [9.17, 15) is 4.79 Å². The molecule has 2 aromatic rings. The number of hydrogen-bond acceptors (Lipinski definition) is 4. The summed E-state index contributed by atoms with van der Waals surface area (Å²) in [6.45, 7) is 2.81. The van der Waals surface area contributed by atoms with Crippen LogP contribution in [0.5, 0.6) is 0 Å². The molecule has 2 unspecified atom stereocenters. The predicted octanol–water partition coefficient (Wildman–Crippen LogP) is 3.05. The predicted molar refractivity (Wildman–Crippen MR) is 102 cm³/mol. The van der Waals surface area contributed by atoms with Gasteiger partial charge in [-0.15, -0.1) is 0 Å². The van der Waals surface area contributed by atoms with E-state index in [0.29, 0.717) is 23.7 Å². The molecule has 2 atom stereocenters. The van der Waals surface area contributed by atoms with E-state index in [2.05, 4.69) is 4.90 Å². The van der Waals surface area contributed by atoms with Gasteiger partial charge in [-0.2, -0.15) is 0 Å². The van der Waals surface area contributed by atoms with Gasteiger partial charge < -0.3 is 20.3 Å². The maximum atomic E-state index is 13.1. The molecular formula is C20H22ClN3O2. The summed E-state index contributed by atoms with van der Waals surface area (Å²) in [4.78, 5) is 17.0. The van der Waals surface area contributed by atoms with Gasteiger partial charge in [-0.25, -0.2) is 0 Å². The summed E-state index contributed by atoms with van der Waals surface area (Å²) in [5.41, 5.74) is 8.47. The first kappa shape index (κ1) is 17.3. The summed E-state index contributed by atoms with van der Waals surface area (Å²) in [5.74, 6) is -0.106. The highest BCUT2D eigenvalue weighted by atomic mass is 35.5. The van der Waals surface area contributed by atoms with Crippen molar-refractivity contribution in [1.82, 2.24) is 4.90 Å². The molecule has 0 spiro atoms. The minimum atomic E-state index is -0.365. The van der Waals surface area contributed by atoms with E-state index in [4.69, 9.17) is 22.1 Å². The Morgan fingerprint density at radius 1 is 1.15 bits per heavy atom. The fraction of sp³-hybridized carbons (Fsp3) is 0.350. The molecule has 2 aliphatic rings. The van der Waals surface area contributed by atoms with Crippen LogP contribution in [0.3, 0.4) is 0 Å². The second-order valence-corrected chi connectivity index (χ2v) is 7.20. The first-order valence-corrected chi connectivity index (χ1v) is 9.29. The fourth-order valence-corrected chi connectivity index (χ4v) is 3.88. The Kier molecular flexibility index (Phi) is 4.85. The van der Waals surface area contributed by atoms with Crippen molar-refractivity contribution < 1.29 is 9.53 Å². The van der Waals surface area contributed by atoms with Gasteiger partial charge >= 0.3 is 0 Å². The molecule has 1 amide bonds. The van der Waals surface area contributed by atoms with Crippen LogP contribution in [0.1, 0.15) is 28.6 Å². The number of amides is 1. The van der Waals surface area contributed by atoms with Gasteiger partial charge in [0.05, 0.1) is 17.2 Å². The zero-order valence-corrected chi connectivity index (χ0v) is 15.2. The summed E-state index contributed by atoms with van der Waals surface area (Å²) < 4.78 is 5.79. The van der Waals surface area contributed by atoms with E-state index in [1.165, 1.54) is 0 Å². The van der Waals surface area contributed by atoms with Crippen molar-refractivity contribution >= 4 is 23.2 Å². The van der Waals surface area contributed by atoms with Gasteiger partial charge in [0.25, 0.3) is 5.91 Å². The average molecular weight is 372 g/mol. The molecule has 2 fully saturated rings. The Morgan fingerprint density at radius 2 is 1.96 bits per heavy atom. The van der Waals surface area contributed by atoms with E-state index in [-0.39, 0.29) is 18.2 Å². The zero-order valence-electron chi connectivity index (χ0n) is 14.5. The van der Waals surface area contributed by atoms with Crippen LogP contribution in [0, 0.1) is 0 Å². The lowest BCUT2D eigenvalue weighted by Crippen LogP contribution is -2.31. The number of benzene rings is 2. The highest BCUT2D eigenvalue weighted by Crippen LogP contribution is 2.32. The summed E-state index contributed by atoms with van der Waals surface area (Å²) in [6, 6.07) is 15.6. The molecule has 2 N–H and O–H groups in total. The molecular weight excluding hydrogens is 350 g/mol. The Balaban J connectivity index is 1.56. The quantitative estimate of drug-likeness (QED) is 0.900. The summed E-state index contributed by atoms with van der Waals surface area (Å²) in [7, 11) is 0. The van der Waals surface area contributed by atoms with Crippen molar-refractivity contribution in [1.29, 1.82) is 0 Å². The molecule has 2 aliphatic heterocycles. The summed E-state index contributed by atoms with van der Waals surface area (Å²) in [5, 5.41) is 0.465. The molecule has 26 heavy (non-hydrogen) atoms. The van der Waals surface area contributed by atoms with Crippen molar-refractivity contribution in [2.24, 2.45) is 5.73 Å². The van der Waals surface area contributed by atoms with Crippen molar-refractivity contribution in [2.45, 2.75) is 18.7 Å². The van der Waals surface area contributed by atoms with Gasteiger partial charge in [-0.05, 0) is 24.6 Å². The fourth-order valence-electron chi connectivity index (χ4n) is 3.62. The number of ether oxygens (including phenoxy) is 1. The van der Waals surface area contributed by atoms with Crippen molar-refractivity contribution in [3.63, 3.8) is 0 Å². The van der Waals surface area contributed by atoms with E-state index in [1.54, 1.807) is 4.90 Å². The largest absolute Gasteiger partial charge is 0.370 e. The minimum absolute atomic E-state index is 0.106. The molecule has 2 saturated heterocycles. The third-order valence-electron chi connectivity index (χ3n) is 5.01. The van der Waals surface area contributed by atoms with E-state index < -0.39 is 0 Å². The Labute approximate surface area is 158 Å². The zero-order chi connectivity index (χ0) is 18.1. The topological polar surface area (TPSA) is 58.8 Å². The van der Waals surface area contributed by atoms with E-state index >= 15 is 0 Å². The van der Waals surface area contributed by atoms with Crippen LogP contribution < -0.4 is 10.6 Å². The smallest absolute Gasteiger partial charge is 0.257 e. The number of anilines is 1. The van der Waals surface area contributed by atoms with Gasteiger partial charge in [0, 0.05) is 36.9 Å². The number of carbonyl (C=O) groups excluding carboxylic acids is 1. The lowest BCUT2D eigenvalue weighted by molar-refractivity contribution is 0.0272. The number of halogens is 1. The van der Waals surface area contributed by atoms with E-state index in [0.717, 1.165) is 30.8 Å². The molecule has 0 aromatic heterocycles. The van der Waals surface area contributed by atoms with Gasteiger partial charge in [-0.1, -0.05) is 41.9 Å². The third-order valence-corrected chi connectivity index (χ3v) is 5.32. The summed E-state index contributed by atoms with van der Waals surface area (Å²) in [6.07, 6.45) is 0.610. The molecule has 0 aliphatic carbocycles. The molecule has 5 nitrogen and oxygen atoms in total. The standard InChI is InChI=1S/C20H22ClN3O2/c21-18-12-16(23-9-8-15(22)13-23)6-7-17(18)19(25)24-10-11-26-20(24)14-4-2-1-3-5-14/h1-7,12,15,20H,8-11,13,22H2. The second-order valence-electron chi connectivity index (χ2n) is 6.79. The number of rotatable bonds is 3. The number of hydrogen-bond donors (Lipinski definition) is 1. The van der Waals surface area contributed by atoms with Crippen molar-refractivity contribution in [3.8, 4) is 0 Å². The van der Waals surface area contributed by atoms with Gasteiger partial charge in [0.2, 0.25) is 0 Å². The minimum Gasteiger partial charge on any atom is -0.370 e. The molecule has 0 bridgehead atoms. The highest BCUT2D eigenvalue weighted by Gasteiger charge is 2.32. The maximum Gasteiger partial charge on any atom is 0.257 e. The molecule has 136 valence electrons. The third kappa shape index (κ3) is 3.30. The van der Waals surface area contributed by atoms with Gasteiger partial charge in [0.1, 0.15) is 0 Å². The van der Waals surface area contributed by atoms with Crippen LogP contribution in [0.15, 0.2) is 48.5 Å². The Hall–Kier alpha value is -2.08. The molecule has 2 heterocycles. The van der Waals surface area contributed by atoms with Gasteiger partial charge in [-0.3, -0.25) is 4.79 Å². The lowest BCUT2D eigenvalue weighted by atomic mass is 10.1. The summed E-state index contributed by atoms with van der Waals surface area (Å²) >= 11 is 6.46. The van der Waals surface area contributed by atoms with Gasteiger partial charge in [0.15, 0.2) is 6.23 Å². The average Bonchev–Trinajstić information content (AvgIpc) is 3.31. The maximum absolute atomic E-state index is 13.1. The number of nitrogens with two attached hydrogens (primary N) is 1. The molecule has 0 saturated carbocycles. The highest BCUT2D eigenvalue weighted by molar-refractivity contribution is 6.34. The Morgan fingerprint density at radius 3 is 2.65 bits per heavy atom. The molecule has 6 heteroatoms. The van der Waals surface area contributed by atoms with Crippen LogP contribution in [0.4, 0.5) is 5.69 Å². The lowest BCUT2D eigenvalue weighted by Gasteiger charge is -2.24. The number of nitrogens with zero attached hydrogens (tertiary/aromatic N) is 2. The number of carbonyl (C=O) groups is 1. The van der Waals surface area contributed by atoms with Crippen LogP contribution in [0.2, 0.25) is 5.02 Å². The van der Waals surface area contributed by atoms with Crippen LogP contribution in [-0.4, -0.2) is 43.1 Å². The SMILES string of the molecule is NC1CCN(c2ccc(C(=O)N3CCOC3c3ccccc3)c(Cl)c2)C1. The Bertz CT molecular complexity index is 799. The van der Waals surface area contributed by atoms with E-state index in [1.807, 2.05) is 48.5 Å². The van der Waals surface area contributed by atoms with Crippen LogP contribution in [0.25, 0.3) is 0 Å². The normalized spacial score (nSPS) is 22.8. The molecule has 4 rings (SSSR count). The molecule has 2 aromatic carbocycles. The van der Waals surface area contributed by atoms with Crippen molar-refractivity contribution in [3.05, 3.63) is 64.7 Å².